The van der Waals surface area contributed by atoms with Crippen LogP contribution in [0.1, 0.15) is 11.1 Å². The van der Waals surface area contributed by atoms with Crippen molar-refractivity contribution in [1.29, 1.82) is 0 Å². The molecule has 0 N–H and O–H groups in total. The van der Waals surface area contributed by atoms with E-state index in [1.165, 1.54) is 12.1 Å². The molecule has 0 aliphatic rings. The van der Waals surface area contributed by atoms with E-state index in [2.05, 4.69) is 15.9 Å². The van der Waals surface area contributed by atoms with Crippen molar-refractivity contribution in [2.45, 2.75) is 11.5 Å². The minimum absolute atomic E-state index is 0.112. The molecular weight excluding hydrogens is 376 g/mol. The van der Waals surface area contributed by atoms with Gasteiger partial charge in [-0.05, 0) is 35.4 Å². The van der Waals surface area contributed by atoms with Crippen molar-refractivity contribution in [3.8, 4) is 11.1 Å². The van der Waals surface area contributed by atoms with E-state index in [1.54, 1.807) is 18.2 Å². The predicted octanol–water partition coefficient (Wildman–Crippen LogP) is 6.57. The molecule has 0 aliphatic carbocycles. The van der Waals surface area contributed by atoms with Gasteiger partial charge in [0.1, 0.15) is 0 Å². The Morgan fingerprint density at radius 3 is 2.25 bits per heavy atom. The van der Waals surface area contributed by atoms with Crippen LogP contribution in [0.5, 0.6) is 0 Å². The fourth-order valence-corrected chi connectivity index (χ4v) is 2.85. The minimum atomic E-state index is -4.37. The van der Waals surface area contributed by atoms with E-state index in [0.717, 1.165) is 6.07 Å². The van der Waals surface area contributed by atoms with Gasteiger partial charge >= 0.3 is 6.18 Å². The fourth-order valence-electron chi connectivity index (χ4n) is 1.87. The molecule has 0 saturated carbocycles. The van der Waals surface area contributed by atoms with Crippen LogP contribution in [0.4, 0.5) is 13.2 Å². The molecule has 0 spiro atoms. The highest BCUT2D eigenvalue weighted by Gasteiger charge is 2.33. The quantitative estimate of drug-likeness (QED) is 0.514. The second kappa shape index (κ2) is 5.96. The van der Waals surface area contributed by atoms with E-state index in [9.17, 15) is 13.2 Å². The summed E-state index contributed by atoms with van der Waals surface area (Å²) < 4.78 is 38.5. The monoisotopic (exact) mass is 382 g/mol. The smallest absolute Gasteiger partial charge is 0.166 e. The van der Waals surface area contributed by atoms with Crippen LogP contribution in [-0.4, -0.2) is 0 Å². The standard InChI is InChI=1S/C14H8BrCl2F3/c15-7-9-5-8(1-4-12(9)14(18,19)20)11-3-2-10(16)6-13(11)17/h1-6H,7H2. The van der Waals surface area contributed by atoms with E-state index >= 15 is 0 Å². The van der Waals surface area contributed by atoms with Crippen molar-refractivity contribution in [2.75, 3.05) is 0 Å². The third-order valence-corrected chi connectivity index (χ3v) is 3.95. The Morgan fingerprint density at radius 2 is 1.70 bits per heavy atom. The first-order valence-corrected chi connectivity index (χ1v) is 7.42. The van der Waals surface area contributed by atoms with Crippen LogP contribution in [0.2, 0.25) is 10.0 Å². The summed E-state index contributed by atoms with van der Waals surface area (Å²) in [6.45, 7) is 0. The molecule has 0 saturated heterocycles. The van der Waals surface area contributed by atoms with Gasteiger partial charge in [-0.25, -0.2) is 0 Å². The molecule has 0 fully saturated rings. The van der Waals surface area contributed by atoms with Gasteiger partial charge in [-0.1, -0.05) is 51.3 Å². The van der Waals surface area contributed by atoms with Crippen LogP contribution < -0.4 is 0 Å². The lowest BCUT2D eigenvalue weighted by Gasteiger charge is -2.13. The van der Waals surface area contributed by atoms with Gasteiger partial charge in [-0.2, -0.15) is 13.2 Å². The van der Waals surface area contributed by atoms with Crippen LogP contribution >= 0.6 is 39.1 Å². The highest BCUT2D eigenvalue weighted by Crippen LogP contribution is 2.37. The maximum atomic E-state index is 12.8. The third-order valence-electron chi connectivity index (χ3n) is 2.80. The zero-order chi connectivity index (χ0) is 14.9. The first kappa shape index (κ1) is 15.7. The van der Waals surface area contributed by atoms with Crippen LogP contribution in [0.25, 0.3) is 11.1 Å². The second-order valence-electron chi connectivity index (χ2n) is 4.13. The molecule has 6 heteroatoms. The van der Waals surface area contributed by atoms with Crippen LogP contribution in [0, 0.1) is 0 Å². The number of alkyl halides is 4. The molecule has 106 valence electrons. The lowest BCUT2D eigenvalue weighted by molar-refractivity contribution is -0.138. The van der Waals surface area contributed by atoms with Gasteiger partial charge in [-0.15, -0.1) is 0 Å². The summed E-state index contributed by atoms with van der Waals surface area (Å²) in [7, 11) is 0. The molecule has 2 aromatic rings. The number of rotatable bonds is 2. The molecule has 20 heavy (non-hydrogen) atoms. The van der Waals surface area contributed by atoms with Crippen molar-refractivity contribution < 1.29 is 13.2 Å². The zero-order valence-electron chi connectivity index (χ0n) is 9.94. The highest BCUT2D eigenvalue weighted by molar-refractivity contribution is 9.08. The lowest BCUT2D eigenvalue weighted by Crippen LogP contribution is -2.08. The molecule has 0 amide bonds. The maximum Gasteiger partial charge on any atom is 0.416 e. The van der Waals surface area contributed by atoms with E-state index in [0.29, 0.717) is 21.2 Å². The minimum Gasteiger partial charge on any atom is -0.166 e. The summed E-state index contributed by atoms with van der Waals surface area (Å²) in [6.07, 6.45) is -4.37. The Balaban J connectivity index is 2.54. The lowest BCUT2D eigenvalue weighted by atomic mass is 9.99. The average Bonchev–Trinajstić information content (AvgIpc) is 2.37. The largest absolute Gasteiger partial charge is 0.416 e. The Hall–Kier alpha value is -0.710. The predicted molar refractivity (Wildman–Crippen MR) is 79.5 cm³/mol. The van der Waals surface area contributed by atoms with Gasteiger partial charge < -0.3 is 0 Å². The number of halogens is 6. The van der Waals surface area contributed by atoms with Gasteiger partial charge in [0.05, 0.1) is 5.56 Å². The molecule has 0 nitrogen and oxygen atoms in total. The Kier molecular flexibility index (Phi) is 4.67. The van der Waals surface area contributed by atoms with Crippen LogP contribution in [0.15, 0.2) is 36.4 Å². The number of benzene rings is 2. The van der Waals surface area contributed by atoms with Crippen molar-refractivity contribution in [3.63, 3.8) is 0 Å². The van der Waals surface area contributed by atoms with E-state index < -0.39 is 11.7 Å². The Bertz CT molecular complexity index is 639. The summed E-state index contributed by atoms with van der Waals surface area (Å²) in [5.74, 6) is 0. The maximum absolute atomic E-state index is 12.8. The highest BCUT2D eigenvalue weighted by atomic mass is 79.9. The SMILES string of the molecule is FC(F)(F)c1ccc(-c2ccc(Cl)cc2Cl)cc1CBr. The first-order chi connectivity index (χ1) is 9.32. The van der Waals surface area contributed by atoms with Crippen molar-refractivity contribution in [2.24, 2.45) is 0 Å². The summed E-state index contributed by atoms with van der Waals surface area (Å²) in [4.78, 5) is 0. The molecule has 2 aromatic carbocycles. The Labute approximate surface area is 132 Å². The molecule has 0 aliphatic heterocycles. The molecule has 0 aromatic heterocycles. The van der Waals surface area contributed by atoms with Crippen LogP contribution in [-0.2, 0) is 11.5 Å². The average molecular weight is 384 g/mol. The summed E-state index contributed by atoms with van der Waals surface area (Å²) in [6, 6.07) is 8.84. The molecule has 0 atom stereocenters. The first-order valence-electron chi connectivity index (χ1n) is 5.54. The summed E-state index contributed by atoms with van der Waals surface area (Å²) >= 11 is 15.0. The molecule has 2 rings (SSSR count). The number of hydrogen-bond donors (Lipinski definition) is 0. The molecule has 0 heterocycles. The van der Waals surface area contributed by atoms with Crippen molar-refractivity contribution in [3.05, 3.63) is 57.6 Å². The van der Waals surface area contributed by atoms with Crippen LogP contribution in [0.3, 0.4) is 0 Å². The van der Waals surface area contributed by atoms with Crippen molar-refractivity contribution in [1.82, 2.24) is 0 Å². The van der Waals surface area contributed by atoms with Gasteiger partial charge in [-0.3, -0.25) is 0 Å². The molecule has 0 unspecified atom stereocenters. The van der Waals surface area contributed by atoms with Gasteiger partial charge in [0.2, 0.25) is 0 Å². The van der Waals surface area contributed by atoms with Crippen molar-refractivity contribution >= 4 is 39.1 Å². The summed E-state index contributed by atoms with van der Waals surface area (Å²) in [5, 5.41) is 0.991. The van der Waals surface area contributed by atoms with Gasteiger partial charge in [0.25, 0.3) is 0 Å². The van der Waals surface area contributed by atoms with E-state index in [1.807, 2.05) is 0 Å². The van der Waals surface area contributed by atoms with Gasteiger partial charge in [0.15, 0.2) is 0 Å². The topological polar surface area (TPSA) is 0 Å². The fraction of sp³-hybridized carbons (Fsp3) is 0.143. The van der Waals surface area contributed by atoms with E-state index in [-0.39, 0.29) is 10.9 Å². The molecule has 0 radical (unpaired) electrons. The second-order valence-corrected chi connectivity index (χ2v) is 5.53. The van der Waals surface area contributed by atoms with E-state index in [4.69, 9.17) is 23.2 Å². The Morgan fingerprint density at radius 1 is 1.00 bits per heavy atom. The van der Waals surface area contributed by atoms with Gasteiger partial charge in [0, 0.05) is 20.9 Å². The summed E-state index contributed by atoms with van der Waals surface area (Å²) in [5.41, 5.74) is 0.783. The molecular formula is C14H8BrCl2F3. The zero-order valence-corrected chi connectivity index (χ0v) is 13.0. The number of hydrogen-bond acceptors (Lipinski definition) is 0. The normalized spacial score (nSPS) is 11.7. The third kappa shape index (κ3) is 3.30. The molecule has 0 bridgehead atoms.